The Morgan fingerprint density at radius 1 is 1.00 bits per heavy atom. The number of nitrogens with zero attached hydrogens (tertiary/aromatic N) is 5. The molecule has 1 fully saturated rings. The Morgan fingerprint density at radius 2 is 1.75 bits per heavy atom. The molecule has 4 rings (SSSR count). The van der Waals surface area contributed by atoms with Gasteiger partial charge in [-0.3, -0.25) is 19.7 Å². The zero-order valence-electron chi connectivity index (χ0n) is 15.7. The lowest BCUT2D eigenvalue weighted by Gasteiger charge is -2.32. The highest BCUT2D eigenvalue weighted by Crippen LogP contribution is 2.34. The molecule has 1 aliphatic heterocycles. The third kappa shape index (κ3) is 3.83. The fourth-order valence-corrected chi connectivity index (χ4v) is 3.41. The van der Waals surface area contributed by atoms with Crippen molar-refractivity contribution in [2.45, 2.75) is 25.7 Å². The lowest BCUT2D eigenvalue weighted by molar-refractivity contribution is 0.0711. The minimum absolute atomic E-state index is 0.0439. The lowest BCUT2D eigenvalue weighted by atomic mass is 9.93. The molecule has 0 radical (unpaired) electrons. The molecule has 0 aliphatic carbocycles. The number of hydrogen-bond acceptors (Lipinski definition) is 6. The smallest absolute Gasteiger partial charge is 0.253 e. The molecule has 0 atom stereocenters. The van der Waals surface area contributed by atoms with Crippen molar-refractivity contribution in [1.82, 2.24) is 24.8 Å². The van der Waals surface area contributed by atoms with Crippen LogP contribution in [0, 0.1) is 6.92 Å². The van der Waals surface area contributed by atoms with Gasteiger partial charge in [0, 0.05) is 55.6 Å². The van der Waals surface area contributed by atoms with Gasteiger partial charge in [-0.15, -0.1) is 0 Å². The zero-order valence-corrected chi connectivity index (χ0v) is 15.7. The average Bonchev–Trinajstić information content (AvgIpc) is 2.76. The van der Waals surface area contributed by atoms with Crippen LogP contribution in [0.15, 0.2) is 55.2 Å². The van der Waals surface area contributed by atoms with Crippen molar-refractivity contribution >= 4 is 5.91 Å². The highest BCUT2D eigenvalue weighted by atomic mass is 16.5. The Labute approximate surface area is 163 Å². The number of amides is 1. The molecule has 7 heteroatoms. The van der Waals surface area contributed by atoms with Crippen molar-refractivity contribution < 1.29 is 9.53 Å². The number of ether oxygens (including phenoxy) is 1. The number of rotatable bonds is 4. The van der Waals surface area contributed by atoms with E-state index in [2.05, 4.69) is 19.9 Å². The summed E-state index contributed by atoms with van der Waals surface area (Å²) in [6.07, 6.45) is 9.97. The highest BCUT2D eigenvalue weighted by Gasteiger charge is 2.28. The van der Waals surface area contributed by atoms with Gasteiger partial charge < -0.3 is 9.64 Å². The second-order valence-electron chi connectivity index (χ2n) is 6.74. The van der Waals surface area contributed by atoms with Crippen LogP contribution in [0.25, 0.3) is 0 Å². The van der Waals surface area contributed by atoms with Gasteiger partial charge in [-0.2, -0.15) is 0 Å². The van der Waals surface area contributed by atoms with E-state index in [0.717, 1.165) is 24.2 Å². The van der Waals surface area contributed by atoms with Crippen LogP contribution in [-0.4, -0.2) is 43.8 Å². The SMILES string of the molecule is Cc1ncccc1Oc1nccnc1C1CCN(C(=O)c2ccncc2)CC1. The third-order valence-corrected chi connectivity index (χ3v) is 4.95. The van der Waals surface area contributed by atoms with Crippen molar-refractivity contribution in [3.63, 3.8) is 0 Å². The molecule has 0 bridgehead atoms. The van der Waals surface area contributed by atoms with E-state index in [0.29, 0.717) is 30.3 Å². The topological polar surface area (TPSA) is 81.1 Å². The number of hydrogen-bond donors (Lipinski definition) is 0. The van der Waals surface area contributed by atoms with E-state index in [1.54, 1.807) is 43.1 Å². The molecule has 0 unspecified atom stereocenters. The minimum atomic E-state index is 0.0439. The quantitative estimate of drug-likeness (QED) is 0.695. The first-order valence-electron chi connectivity index (χ1n) is 9.32. The van der Waals surface area contributed by atoms with Crippen LogP contribution in [0.2, 0.25) is 0 Å². The van der Waals surface area contributed by atoms with E-state index in [-0.39, 0.29) is 11.8 Å². The van der Waals surface area contributed by atoms with E-state index < -0.39 is 0 Å². The molecule has 1 amide bonds. The molecule has 4 heterocycles. The summed E-state index contributed by atoms with van der Waals surface area (Å²) in [5.74, 6) is 1.43. The molecular formula is C21H21N5O2. The van der Waals surface area contributed by atoms with Gasteiger partial charge in [0.15, 0.2) is 5.75 Å². The van der Waals surface area contributed by atoms with Crippen LogP contribution in [0.5, 0.6) is 11.6 Å². The van der Waals surface area contributed by atoms with Gasteiger partial charge in [0.2, 0.25) is 5.88 Å². The van der Waals surface area contributed by atoms with Crippen LogP contribution in [0.1, 0.15) is 40.5 Å². The predicted octanol–water partition coefficient (Wildman–Crippen LogP) is 3.39. The van der Waals surface area contributed by atoms with Gasteiger partial charge in [-0.1, -0.05) is 0 Å². The molecule has 142 valence electrons. The molecule has 1 saturated heterocycles. The Kier molecular flexibility index (Phi) is 5.23. The summed E-state index contributed by atoms with van der Waals surface area (Å²) in [4.78, 5) is 31.7. The summed E-state index contributed by atoms with van der Waals surface area (Å²) in [6, 6.07) is 7.21. The van der Waals surface area contributed by atoms with Crippen LogP contribution in [-0.2, 0) is 0 Å². The molecule has 0 N–H and O–H groups in total. The molecule has 3 aromatic heterocycles. The van der Waals surface area contributed by atoms with Crippen LogP contribution < -0.4 is 4.74 Å². The van der Waals surface area contributed by atoms with E-state index in [1.165, 1.54) is 0 Å². The number of carbonyl (C=O) groups excluding carboxylic acids is 1. The summed E-state index contributed by atoms with van der Waals surface area (Å²) < 4.78 is 6.01. The average molecular weight is 375 g/mol. The van der Waals surface area contributed by atoms with E-state index >= 15 is 0 Å². The Hall–Kier alpha value is -3.35. The molecule has 0 aromatic carbocycles. The van der Waals surface area contributed by atoms with Gasteiger partial charge in [-0.25, -0.2) is 4.98 Å². The van der Waals surface area contributed by atoms with Gasteiger partial charge in [0.05, 0.1) is 5.69 Å². The van der Waals surface area contributed by atoms with Crippen molar-refractivity contribution in [3.05, 3.63) is 72.2 Å². The Balaban J connectivity index is 1.47. The summed E-state index contributed by atoms with van der Waals surface area (Å²) in [6.45, 7) is 3.25. The normalized spacial score (nSPS) is 14.7. The molecule has 7 nitrogen and oxygen atoms in total. The minimum Gasteiger partial charge on any atom is -0.435 e. The maximum Gasteiger partial charge on any atom is 0.253 e. The number of carbonyl (C=O) groups is 1. The molecule has 28 heavy (non-hydrogen) atoms. The number of aromatic nitrogens is 4. The monoisotopic (exact) mass is 375 g/mol. The first-order valence-corrected chi connectivity index (χ1v) is 9.32. The third-order valence-electron chi connectivity index (χ3n) is 4.95. The Morgan fingerprint density at radius 3 is 2.50 bits per heavy atom. The van der Waals surface area contributed by atoms with E-state index in [1.807, 2.05) is 24.0 Å². The molecule has 0 saturated carbocycles. The van der Waals surface area contributed by atoms with Gasteiger partial charge in [-0.05, 0) is 44.0 Å². The second-order valence-corrected chi connectivity index (χ2v) is 6.74. The van der Waals surface area contributed by atoms with E-state index in [4.69, 9.17) is 4.74 Å². The maximum absolute atomic E-state index is 12.6. The Bertz CT molecular complexity index is 956. The summed E-state index contributed by atoms with van der Waals surface area (Å²) in [7, 11) is 0. The van der Waals surface area contributed by atoms with Gasteiger partial charge >= 0.3 is 0 Å². The van der Waals surface area contributed by atoms with Crippen LogP contribution in [0.3, 0.4) is 0 Å². The lowest BCUT2D eigenvalue weighted by Crippen LogP contribution is -2.38. The summed E-state index contributed by atoms with van der Waals surface area (Å²) in [5, 5.41) is 0. The molecule has 0 spiro atoms. The highest BCUT2D eigenvalue weighted by molar-refractivity contribution is 5.94. The number of likely N-dealkylation sites (tertiary alicyclic amines) is 1. The zero-order chi connectivity index (χ0) is 19.3. The first kappa shape index (κ1) is 18.0. The first-order chi connectivity index (χ1) is 13.7. The van der Waals surface area contributed by atoms with Gasteiger partial charge in [0.1, 0.15) is 5.69 Å². The molecule has 1 aliphatic rings. The maximum atomic E-state index is 12.6. The van der Waals surface area contributed by atoms with Crippen molar-refractivity contribution in [2.75, 3.05) is 13.1 Å². The largest absolute Gasteiger partial charge is 0.435 e. The molecular weight excluding hydrogens is 354 g/mol. The fraction of sp³-hybridized carbons (Fsp3) is 0.286. The van der Waals surface area contributed by atoms with E-state index in [9.17, 15) is 4.79 Å². The summed E-state index contributed by atoms with van der Waals surface area (Å²) in [5.41, 5.74) is 2.31. The van der Waals surface area contributed by atoms with Crippen molar-refractivity contribution in [2.24, 2.45) is 0 Å². The van der Waals surface area contributed by atoms with Gasteiger partial charge in [0.25, 0.3) is 5.91 Å². The van der Waals surface area contributed by atoms with Crippen LogP contribution in [0.4, 0.5) is 0 Å². The molecule has 3 aromatic rings. The van der Waals surface area contributed by atoms with Crippen molar-refractivity contribution in [1.29, 1.82) is 0 Å². The number of piperidine rings is 1. The predicted molar refractivity (Wildman–Crippen MR) is 103 cm³/mol. The van der Waals surface area contributed by atoms with Crippen LogP contribution >= 0.6 is 0 Å². The fourth-order valence-electron chi connectivity index (χ4n) is 3.41. The summed E-state index contributed by atoms with van der Waals surface area (Å²) >= 11 is 0. The number of aryl methyl sites for hydroxylation is 1. The van der Waals surface area contributed by atoms with Crippen molar-refractivity contribution in [3.8, 4) is 11.6 Å². The number of pyridine rings is 2. The standard InChI is InChI=1S/C21H21N5O2/c1-15-18(3-2-8-23-15)28-20-19(24-11-12-25-20)16-6-13-26(14-7-16)21(27)17-4-9-22-10-5-17/h2-5,8-12,16H,6-7,13-14H2,1H3. The second kappa shape index (κ2) is 8.12.